The number of quaternary nitrogens is 1. The van der Waals surface area contributed by atoms with E-state index >= 15 is 0 Å². The highest BCUT2D eigenvalue weighted by molar-refractivity contribution is 5.93. The smallest absolute Gasteiger partial charge is 0.230 e. The Balaban J connectivity index is 2.47. The van der Waals surface area contributed by atoms with Gasteiger partial charge in [-0.3, -0.25) is 9.78 Å². The van der Waals surface area contributed by atoms with Gasteiger partial charge in [-0.15, -0.1) is 0 Å². The zero-order valence-corrected chi connectivity index (χ0v) is 14.0. The number of carbonyl (C=O) groups is 2. The summed E-state index contributed by atoms with van der Waals surface area (Å²) in [6.07, 6.45) is 7.39. The van der Waals surface area contributed by atoms with E-state index in [0.29, 0.717) is 18.2 Å². The van der Waals surface area contributed by atoms with E-state index in [2.05, 4.69) is 24.1 Å². The van der Waals surface area contributed by atoms with Crippen molar-refractivity contribution in [3.63, 3.8) is 0 Å². The molecule has 6 nitrogen and oxygen atoms in total. The highest BCUT2D eigenvalue weighted by Crippen LogP contribution is 2.10. The third kappa shape index (κ3) is 7.74. The minimum atomic E-state index is -1.20. The molecule has 0 radical (unpaired) electrons. The van der Waals surface area contributed by atoms with Gasteiger partial charge < -0.3 is 20.5 Å². The SMILES string of the molecule is CCCC[C@@H](CC)C[NH2+][C@@H](CC(=O)Nc1cccnc1)C(=O)[O-]. The Morgan fingerprint density at radius 2 is 2.17 bits per heavy atom. The van der Waals surface area contributed by atoms with Gasteiger partial charge in [0.25, 0.3) is 0 Å². The van der Waals surface area contributed by atoms with E-state index in [1.54, 1.807) is 23.6 Å². The number of carboxylic acid groups (broad SMARTS) is 1. The van der Waals surface area contributed by atoms with Gasteiger partial charge in [0.1, 0.15) is 6.04 Å². The van der Waals surface area contributed by atoms with Crippen LogP contribution in [0.5, 0.6) is 0 Å². The molecule has 2 atom stereocenters. The summed E-state index contributed by atoms with van der Waals surface area (Å²) < 4.78 is 0. The molecule has 23 heavy (non-hydrogen) atoms. The summed E-state index contributed by atoms with van der Waals surface area (Å²) in [7, 11) is 0. The van der Waals surface area contributed by atoms with Crippen molar-refractivity contribution in [2.45, 2.75) is 52.0 Å². The van der Waals surface area contributed by atoms with Crippen molar-refractivity contribution in [2.75, 3.05) is 11.9 Å². The zero-order chi connectivity index (χ0) is 17.1. The number of aliphatic carboxylic acids is 1. The Hall–Kier alpha value is -1.95. The van der Waals surface area contributed by atoms with Crippen molar-refractivity contribution < 1.29 is 20.0 Å². The normalized spacial score (nSPS) is 13.3. The van der Waals surface area contributed by atoms with Gasteiger partial charge in [-0.05, 0) is 25.0 Å². The fraction of sp³-hybridized carbons (Fsp3) is 0.588. The number of hydrogen-bond acceptors (Lipinski definition) is 4. The predicted octanol–water partition coefficient (Wildman–Crippen LogP) is 0.309. The average molecular weight is 321 g/mol. The van der Waals surface area contributed by atoms with Crippen LogP contribution in [0.25, 0.3) is 0 Å². The van der Waals surface area contributed by atoms with Crippen LogP contribution in [0.4, 0.5) is 5.69 Å². The lowest BCUT2D eigenvalue weighted by molar-refractivity contribution is -0.687. The monoisotopic (exact) mass is 321 g/mol. The second kappa shape index (κ2) is 10.7. The maximum Gasteiger partial charge on any atom is 0.230 e. The first-order valence-electron chi connectivity index (χ1n) is 8.30. The van der Waals surface area contributed by atoms with Crippen molar-refractivity contribution in [2.24, 2.45) is 5.92 Å². The number of pyridine rings is 1. The fourth-order valence-corrected chi connectivity index (χ4v) is 2.45. The Labute approximate surface area is 137 Å². The first-order valence-corrected chi connectivity index (χ1v) is 8.30. The number of nitrogens with two attached hydrogens (primary N) is 1. The van der Waals surface area contributed by atoms with E-state index in [1.807, 2.05) is 0 Å². The van der Waals surface area contributed by atoms with Gasteiger partial charge >= 0.3 is 0 Å². The second-order valence-electron chi connectivity index (χ2n) is 5.81. The highest BCUT2D eigenvalue weighted by atomic mass is 16.4. The molecular weight excluding hydrogens is 294 g/mol. The molecule has 0 bridgehead atoms. The quantitative estimate of drug-likeness (QED) is 0.613. The van der Waals surface area contributed by atoms with Crippen molar-refractivity contribution in [1.82, 2.24) is 4.98 Å². The first kappa shape index (κ1) is 19.1. The van der Waals surface area contributed by atoms with Gasteiger partial charge in [0.15, 0.2) is 0 Å². The number of amides is 1. The first-order chi connectivity index (χ1) is 11.1. The van der Waals surface area contributed by atoms with Crippen LogP contribution >= 0.6 is 0 Å². The van der Waals surface area contributed by atoms with Crippen LogP contribution in [0.1, 0.15) is 46.0 Å². The lowest BCUT2D eigenvalue weighted by atomic mass is 9.99. The molecule has 1 heterocycles. The number of carbonyl (C=O) groups excluding carboxylic acids is 2. The largest absolute Gasteiger partial charge is 0.544 e. The van der Waals surface area contributed by atoms with Crippen molar-refractivity contribution in [3.8, 4) is 0 Å². The van der Waals surface area contributed by atoms with E-state index in [9.17, 15) is 14.7 Å². The zero-order valence-electron chi connectivity index (χ0n) is 14.0. The minimum absolute atomic E-state index is 0.110. The summed E-state index contributed by atoms with van der Waals surface area (Å²) in [5.41, 5.74) is 0.559. The average Bonchev–Trinajstić information content (AvgIpc) is 2.54. The molecule has 0 fully saturated rings. The van der Waals surface area contributed by atoms with E-state index in [0.717, 1.165) is 25.7 Å². The van der Waals surface area contributed by atoms with Crippen molar-refractivity contribution in [1.29, 1.82) is 0 Å². The van der Waals surface area contributed by atoms with E-state index < -0.39 is 12.0 Å². The molecule has 1 amide bonds. The molecule has 1 aromatic heterocycles. The van der Waals surface area contributed by atoms with Crippen LogP contribution in [0.15, 0.2) is 24.5 Å². The second-order valence-corrected chi connectivity index (χ2v) is 5.81. The molecule has 6 heteroatoms. The number of nitrogens with one attached hydrogen (secondary N) is 1. The summed E-state index contributed by atoms with van der Waals surface area (Å²) in [5.74, 6) is -1.07. The third-order valence-electron chi connectivity index (χ3n) is 3.95. The Bertz CT molecular complexity index is 479. The molecular formula is C17H27N3O3. The number of hydrogen-bond donors (Lipinski definition) is 2. The topological polar surface area (TPSA) is 98.7 Å². The van der Waals surface area contributed by atoms with Gasteiger partial charge in [0, 0.05) is 12.1 Å². The van der Waals surface area contributed by atoms with Crippen LogP contribution in [0.3, 0.4) is 0 Å². The Morgan fingerprint density at radius 3 is 2.74 bits per heavy atom. The number of carboxylic acids is 1. The number of aromatic nitrogens is 1. The number of nitrogens with zero attached hydrogens (tertiary/aromatic N) is 1. The molecule has 128 valence electrons. The van der Waals surface area contributed by atoms with Crippen LogP contribution in [0, 0.1) is 5.92 Å². The van der Waals surface area contributed by atoms with Crippen LogP contribution in [0.2, 0.25) is 0 Å². The molecule has 0 aromatic carbocycles. The number of rotatable bonds is 11. The molecule has 0 aliphatic heterocycles. The molecule has 0 aliphatic carbocycles. The minimum Gasteiger partial charge on any atom is -0.544 e. The van der Waals surface area contributed by atoms with Gasteiger partial charge in [-0.1, -0.05) is 26.7 Å². The summed E-state index contributed by atoms with van der Waals surface area (Å²) in [4.78, 5) is 27.1. The van der Waals surface area contributed by atoms with Crippen LogP contribution < -0.4 is 15.7 Å². The van der Waals surface area contributed by atoms with E-state index in [1.165, 1.54) is 6.20 Å². The summed E-state index contributed by atoms with van der Waals surface area (Å²) in [6.45, 7) is 4.95. The van der Waals surface area contributed by atoms with Crippen LogP contribution in [-0.4, -0.2) is 29.4 Å². The summed E-state index contributed by atoms with van der Waals surface area (Å²) in [5, 5.41) is 15.6. The molecule has 1 rings (SSSR count). The lowest BCUT2D eigenvalue weighted by Gasteiger charge is -2.20. The molecule has 0 aliphatic rings. The molecule has 0 spiro atoms. The van der Waals surface area contributed by atoms with Crippen LogP contribution in [-0.2, 0) is 9.59 Å². The molecule has 1 aromatic rings. The maximum atomic E-state index is 12.0. The van der Waals surface area contributed by atoms with Gasteiger partial charge in [-0.2, -0.15) is 0 Å². The highest BCUT2D eigenvalue weighted by Gasteiger charge is 2.20. The maximum absolute atomic E-state index is 12.0. The van der Waals surface area contributed by atoms with Crippen molar-refractivity contribution in [3.05, 3.63) is 24.5 Å². The van der Waals surface area contributed by atoms with E-state index in [4.69, 9.17) is 0 Å². The van der Waals surface area contributed by atoms with Gasteiger partial charge in [0.2, 0.25) is 5.91 Å². The third-order valence-corrected chi connectivity index (χ3v) is 3.95. The molecule has 0 saturated carbocycles. The molecule has 0 unspecified atom stereocenters. The summed E-state index contributed by atoms with van der Waals surface area (Å²) in [6, 6.07) is 2.56. The van der Waals surface area contributed by atoms with Gasteiger partial charge in [0.05, 0.1) is 30.8 Å². The fourth-order valence-electron chi connectivity index (χ4n) is 2.45. The van der Waals surface area contributed by atoms with E-state index in [-0.39, 0.29) is 12.3 Å². The van der Waals surface area contributed by atoms with Crippen molar-refractivity contribution >= 4 is 17.6 Å². The standard InChI is InChI=1S/C17H27N3O3/c1-3-5-7-13(4-2)11-19-15(17(22)23)10-16(21)20-14-8-6-9-18-12-14/h6,8-9,12-13,15,19H,3-5,7,10-11H2,1-2H3,(H,20,21)(H,22,23)/t13-,15+/m1/s1. The lowest BCUT2D eigenvalue weighted by Crippen LogP contribution is -2.94. The molecule has 3 N–H and O–H groups in total. The Morgan fingerprint density at radius 1 is 1.39 bits per heavy atom. The summed E-state index contributed by atoms with van der Waals surface area (Å²) >= 11 is 0. The Kier molecular flexibility index (Phi) is 8.90. The van der Waals surface area contributed by atoms with Gasteiger partial charge in [-0.25, -0.2) is 0 Å². The number of anilines is 1. The molecule has 0 saturated heterocycles. The predicted molar refractivity (Wildman–Crippen MR) is 86.4 cm³/mol. The number of unbranched alkanes of at least 4 members (excludes halogenated alkanes) is 1.